The number of benzene rings is 3. The van der Waals surface area contributed by atoms with Crippen LogP contribution in [-0.4, -0.2) is 24.8 Å². The summed E-state index contributed by atoms with van der Waals surface area (Å²) in [5.41, 5.74) is 1.83. The average Bonchev–Trinajstić information content (AvgIpc) is 2.73. The number of hydrogen-bond donors (Lipinski definition) is 1. The third-order valence-electron chi connectivity index (χ3n) is 3.99. The number of methoxy groups -OCH3 is 1. The molecule has 3 rings (SSSR count). The molecule has 0 heterocycles. The van der Waals surface area contributed by atoms with Gasteiger partial charge in [0.2, 0.25) is 0 Å². The molecule has 0 saturated carbocycles. The molecule has 0 atom stereocenters. The van der Waals surface area contributed by atoms with Gasteiger partial charge in [0, 0.05) is 16.8 Å². The molecule has 5 nitrogen and oxygen atoms in total. The Morgan fingerprint density at radius 2 is 1.37 bits per heavy atom. The van der Waals surface area contributed by atoms with E-state index in [0.717, 1.165) is 0 Å². The van der Waals surface area contributed by atoms with Gasteiger partial charge in [-0.2, -0.15) is 0 Å². The molecule has 0 aliphatic carbocycles. The standard InChI is InChI=1S/C22H17NO4/c1-27-22(26)16-10-7-11-17(14-16)23-21(25)19-13-6-5-12-18(19)20(24)15-8-3-2-4-9-15/h2-14H,1H3,(H,23,25). The fourth-order valence-electron chi connectivity index (χ4n) is 2.66. The van der Waals surface area contributed by atoms with Crippen molar-refractivity contribution in [3.05, 3.63) is 101 Å². The normalized spacial score (nSPS) is 10.1. The van der Waals surface area contributed by atoms with Gasteiger partial charge in [-0.25, -0.2) is 4.79 Å². The van der Waals surface area contributed by atoms with Crippen molar-refractivity contribution in [2.75, 3.05) is 12.4 Å². The smallest absolute Gasteiger partial charge is 0.337 e. The van der Waals surface area contributed by atoms with Crippen LogP contribution in [0.25, 0.3) is 0 Å². The van der Waals surface area contributed by atoms with E-state index in [0.29, 0.717) is 22.4 Å². The van der Waals surface area contributed by atoms with Gasteiger partial charge in [0.25, 0.3) is 5.91 Å². The molecule has 0 saturated heterocycles. The zero-order chi connectivity index (χ0) is 19.2. The van der Waals surface area contributed by atoms with Crippen LogP contribution in [0.2, 0.25) is 0 Å². The Labute approximate surface area is 156 Å². The van der Waals surface area contributed by atoms with E-state index in [9.17, 15) is 14.4 Å². The Balaban J connectivity index is 1.88. The minimum absolute atomic E-state index is 0.232. The first-order valence-corrected chi connectivity index (χ1v) is 8.28. The van der Waals surface area contributed by atoms with Crippen molar-refractivity contribution in [2.24, 2.45) is 0 Å². The van der Waals surface area contributed by atoms with Crippen LogP contribution >= 0.6 is 0 Å². The molecule has 3 aromatic rings. The topological polar surface area (TPSA) is 72.5 Å². The summed E-state index contributed by atoms with van der Waals surface area (Å²) < 4.78 is 4.68. The summed E-state index contributed by atoms with van der Waals surface area (Å²) in [6.07, 6.45) is 0. The lowest BCUT2D eigenvalue weighted by atomic mass is 9.98. The maximum atomic E-state index is 12.8. The highest BCUT2D eigenvalue weighted by molar-refractivity contribution is 6.17. The molecule has 27 heavy (non-hydrogen) atoms. The molecular weight excluding hydrogens is 342 g/mol. The summed E-state index contributed by atoms with van der Waals surface area (Å²) in [6.45, 7) is 0. The summed E-state index contributed by atoms with van der Waals surface area (Å²) in [5, 5.41) is 2.73. The molecular formula is C22H17NO4. The monoisotopic (exact) mass is 359 g/mol. The van der Waals surface area contributed by atoms with Crippen LogP contribution in [-0.2, 0) is 4.74 Å². The maximum absolute atomic E-state index is 12.8. The maximum Gasteiger partial charge on any atom is 0.337 e. The molecule has 0 unspecified atom stereocenters. The van der Waals surface area contributed by atoms with Crippen molar-refractivity contribution in [3.63, 3.8) is 0 Å². The summed E-state index contributed by atoms with van der Waals surface area (Å²) in [5.74, 6) is -1.16. The molecule has 0 bridgehead atoms. The number of ketones is 1. The van der Waals surface area contributed by atoms with Crippen molar-refractivity contribution in [3.8, 4) is 0 Å². The van der Waals surface area contributed by atoms with Crippen molar-refractivity contribution in [1.82, 2.24) is 0 Å². The molecule has 0 aliphatic heterocycles. The van der Waals surface area contributed by atoms with E-state index in [4.69, 9.17) is 0 Å². The minimum Gasteiger partial charge on any atom is -0.465 e. The molecule has 0 fully saturated rings. The first-order valence-electron chi connectivity index (χ1n) is 8.28. The van der Waals surface area contributed by atoms with E-state index in [1.807, 2.05) is 6.07 Å². The number of nitrogens with one attached hydrogen (secondary N) is 1. The summed E-state index contributed by atoms with van der Waals surface area (Å²) >= 11 is 0. The van der Waals surface area contributed by atoms with Crippen LogP contribution in [0.5, 0.6) is 0 Å². The molecule has 0 aliphatic rings. The predicted octanol–water partition coefficient (Wildman–Crippen LogP) is 3.96. The van der Waals surface area contributed by atoms with Gasteiger partial charge in [0.15, 0.2) is 5.78 Å². The summed E-state index contributed by atoms with van der Waals surface area (Å²) in [7, 11) is 1.29. The van der Waals surface area contributed by atoms with Crippen LogP contribution < -0.4 is 5.32 Å². The Morgan fingerprint density at radius 3 is 2.07 bits per heavy atom. The molecule has 1 N–H and O–H groups in total. The number of carbonyl (C=O) groups excluding carboxylic acids is 3. The van der Waals surface area contributed by atoms with Gasteiger partial charge in [-0.05, 0) is 24.3 Å². The Morgan fingerprint density at radius 1 is 0.741 bits per heavy atom. The molecule has 0 spiro atoms. The quantitative estimate of drug-likeness (QED) is 0.553. The first-order chi connectivity index (χ1) is 13.1. The van der Waals surface area contributed by atoms with Crippen molar-refractivity contribution < 1.29 is 19.1 Å². The van der Waals surface area contributed by atoms with Gasteiger partial charge in [-0.1, -0.05) is 54.6 Å². The van der Waals surface area contributed by atoms with Crippen LogP contribution in [0.4, 0.5) is 5.69 Å². The SMILES string of the molecule is COC(=O)c1cccc(NC(=O)c2ccccc2C(=O)c2ccccc2)c1. The van der Waals surface area contributed by atoms with E-state index in [-0.39, 0.29) is 11.3 Å². The second-order valence-corrected chi connectivity index (χ2v) is 5.77. The number of anilines is 1. The first kappa shape index (κ1) is 18.1. The van der Waals surface area contributed by atoms with Crippen molar-refractivity contribution >= 4 is 23.3 Å². The predicted molar refractivity (Wildman–Crippen MR) is 102 cm³/mol. The number of hydrogen-bond acceptors (Lipinski definition) is 4. The van der Waals surface area contributed by atoms with Crippen LogP contribution in [0.1, 0.15) is 36.6 Å². The second-order valence-electron chi connectivity index (χ2n) is 5.77. The van der Waals surface area contributed by atoms with Gasteiger partial charge in [0.05, 0.1) is 18.2 Å². The highest BCUT2D eigenvalue weighted by Gasteiger charge is 2.18. The van der Waals surface area contributed by atoms with E-state index in [2.05, 4.69) is 10.1 Å². The zero-order valence-electron chi connectivity index (χ0n) is 14.6. The van der Waals surface area contributed by atoms with Gasteiger partial charge in [-0.3, -0.25) is 9.59 Å². The van der Waals surface area contributed by atoms with E-state index < -0.39 is 11.9 Å². The number of ether oxygens (including phenoxy) is 1. The lowest BCUT2D eigenvalue weighted by molar-refractivity contribution is 0.0600. The summed E-state index contributed by atoms with van der Waals surface area (Å²) in [4.78, 5) is 37.1. The molecule has 0 radical (unpaired) electrons. The molecule has 3 aromatic carbocycles. The molecule has 0 aromatic heterocycles. The average molecular weight is 359 g/mol. The Hall–Kier alpha value is -3.73. The lowest BCUT2D eigenvalue weighted by Gasteiger charge is -2.10. The second kappa shape index (κ2) is 8.10. The number of amides is 1. The molecule has 5 heteroatoms. The number of esters is 1. The molecule has 1 amide bonds. The third-order valence-corrected chi connectivity index (χ3v) is 3.99. The molecule has 134 valence electrons. The van der Waals surface area contributed by atoms with Gasteiger partial charge in [0.1, 0.15) is 0 Å². The summed E-state index contributed by atoms with van der Waals surface area (Å²) in [6, 6.07) is 21.8. The van der Waals surface area contributed by atoms with E-state index in [1.165, 1.54) is 13.2 Å². The zero-order valence-corrected chi connectivity index (χ0v) is 14.6. The number of carbonyl (C=O) groups is 3. The Bertz CT molecular complexity index is 996. The lowest BCUT2D eigenvalue weighted by Crippen LogP contribution is -2.17. The highest BCUT2D eigenvalue weighted by atomic mass is 16.5. The highest BCUT2D eigenvalue weighted by Crippen LogP contribution is 2.18. The van der Waals surface area contributed by atoms with Gasteiger partial charge < -0.3 is 10.1 Å². The number of rotatable bonds is 5. The van der Waals surface area contributed by atoms with E-state index in [1.54, 1.807) is 66.7 Å². The fraction of sp³-hybridized carbons (Fsp3) is 0.0455. The van der Waals surface area contributed by atoms with Gasteiger partial charge in [-0.15, -0.1) is 0 Å². The fourth-order valence-corrected chi connectivity index (χ4v) is 2.66. The largest absolute Gasteiger partial charge is 0.465 e. The van der Waals surface area contributed by atoms with Crippen molar-refractivity contribution in [2.45, 2.75) is 0 Å². The minimum atomic E-state index is -0.495. The van der Waals surface area contributed by atoms with E-state index >= 15 is 0 Å². The van der Waals surface area contributed by atoms with Crippen LogP contribution in [0, 0.1) is 0 Å². The van der Waals surface area contributed by atoms with Crippen molar-refractivity contribution in [1.29, 1.82) is 0 Å². The van der Waals surface area contributed by atoms with Crippen LogP contribution in [0.3, 0.4) is 0 Å². The third kappa shape index (κ3) is 4.10. The Kier molecular flexibility index (Phi) is 5.42. The van der Waals surface area contributed by atoms with Crippen LogP contribution in [0.15, 0.2) is 78.9 Å². The van der Waals surface area contributed by atoms with Gasteiger partial charge >= 0.3 is 5.97 Å².